The van der Waals surface area contributed by atoms with E-state index in [2.05, 4.69) is 11.9 Å². The van der Waals surface area contributed by atoms with E-state index in [1.807, 2.05) is 24.3 Å². The molecule has 2 nitrogen and oxygen atoms in total. The second-order valence-corrected chi connectivity index (χ2v) is 4.66. The van der Waals surface area contributed by atoms with Crippen molar-refractivity contribution in [2.75, 3.05) is 11.9 Å². The molecular weight excluding hydrogens is 277 g/mol. The van der Waals surface area contributed by atoms with Crippen molar-refractivity contribution in [3.8, 4) is 5.75 Å². The minimum absolute atomic E-state index is 0.358. The minimum atomic E-state index is -0.358. The number of hydrogen-bond donors (Lipinski definition) is 1. The molecule has 0 heterocycles. The fourth-order valence-electron chi connectivity index (χ4n) is 1.69. The van der Waals surface area contributed by atoms with Crippen molar-refractivity contribution >= 4 is 17.3 Å². The SMILES string of the molecule is C=CCOc1ccc(CNc2ccc(Cl)cc2F)cc1. The summed E-state index contributed by atoms with van der Waals surface area (Å²) in [5, 5.41) is 3.41. The summed E-state index contributed by atoms with van der Waals surface area (Å²) in [6.45, 7) is 4.60. The maximum atomic E-state index is 13.6. The van der Waals surface area contributed by atoms with Gasteiger partial charge in [0, 0.05) is 11.6 Å². The summed E-state index contributed by atoms with van der Waals surface area (Å²) in [6, 6.07) is 12.2. The maximum Gasteiger partial charge on any atom is 0.147 e. The van der Waals surface area contributed by atoms with E-state index in [4.69, 9.17) is 16.3 Å². The highest BCUT2D eigenvalue weighted by Crippen LogP contribution is 2.20. The molecule has 104 valence electrons. The van der Waals surface area contributed by atoms with E-state index in [9.17, 15) is 4.39 Å². The zero-order chi connectivity index (χ0) is 14.4. The number of hydrogen-bond acceptors (Lipinski definition) is 2. The molecule has 2 aromatic rings. The van der Waals surface area contributed by atoms with Crippen molar-refractivity contribution in [3.05, 3.63) is 71.5 Å². The molecule has 1 N–H and O–H groups in total. The second-order valence-electron chi connectivity index (χ2n) is 4.22. The van der Waals surface area contributed by atoms with E-state index in [-0.39, 0.29) is 5.82 Å². The van der Waals surface area contributed by atoms with Crippen LogP contribution in [0.15, 0.2) is 55.1 Å². The van der Waals surface area contributed by atoms with Crippen LogP contribution in [0.4, 0.5) is 10.1 Å². The number of anilines is 1. The van der Waals surface area contributed by atoms with Crippen LogP contribution in [-0.2, 0) is 6.54 Å². The van der Waals surface area contributed by atoms with Crippen LogP contribution >= 0.6 is 11.6 Å². The van der Waals surface area contributed by atoms with Crippen molar-refractivity contribution < 1.29 is 9.13 Å². The molecule has 0 aliphatic rings. The van der Waals surface area contributed by atoms with Gasteiger partial charge in [-0.05, 0) is 35.9 Å². The van der Waals surface area contributed by atoms with Gasteiger partial charge in [-0.25, -0.2) is 4.39 Å². The standard InChI is InChI=1S/C16H15ClFNO/c1-2-9-20-14-6-3-12(4-7-14)11-19-16-8-5-13(17)10-15(16)18/h2-8,10,19H,1,9,11H2. The van der Waals surface area contributed by atoms with Crippen LogP contribution < -0.4 is 10.1 Å². The molecule has 0 saturated carbocycles. The van der Waals surface area contributed by atoms with Gasteiger partial charge >= 0.3 is 0 Å². The normalized spacial score (nSPS) is 10.1. The molecule has 0 aliphatic carbocycles. The van der Waals surface area contributed by atoms with Gasteiger partial charge in [0.1, 0.15) is 18.2 Å². The van der Waals surface area contributed by atoms with E-state index in [1.165, 1.54) is 6.07 Å². The molecule has 4 heteroatoms. The summed E-state index contributed by atoms with van der Waals surface area (Å²) in [6.07, 6.45) is 1.69. The molecule has 0 saturated heterocycles. The largest absolute Gasteiger partial charge is 0.490 e. The molecular formula is C16H15ClFNO. The fourth-order valence-corrected chi connectivity index (χ4v) is 1.85. The molecule has 0 amide bonds. The Morgan fingerprint density at radius 2 is 1.95 bits per heavy atom. The quantitative estimate of drug-likeness (QED) is 0.782. The minimum Gasteiger partial charge on any atom is -0.490 e. The van der Waals surface area contributed by atoms with Crippen LogP contribution in [0.3, 0.4) is 0 Å². The van der Waals surface area contributed by atoms with E-state index < -0.39 is 0 Å². The lowest BCUT2D eigenvalue weighted by Gasteiger charge is -2.09. The van der Waals surface area contributed by atoms with Gasteiger partial charge in [0.2, 0.25) is 0 Å². The number of rotatable bonds is 6. The molecule has 0 aromatic heterocycles. The van der Waals surface area contributed by atoms with Crippen LogP contribution in [0.25, 0.3) is 0 Å². The maximum absolute atomic E-state index is 13.6. The van der Waals surface area contributed by atoms with E-state index in [0.29, 0.717) is 23.9 Å². The monoisotopic (exact) mass is 291 g/mol. The Labute approximate surface area is 122 Å². The summed E-state index contributed by atoms with van der Waals surface area (Å²) in [5.41, 5.74) is 1.46. The highest BCUT2D eigenvalue weighted by molar-refractivity contribution is 6.30. The first-order chi connectivity index (χ1) is 9.69. The van der Waals surface area contributed by atoms with Gasteiger partial charge in [0.15, 0.2) is 0 Å². The van der Waals surface area contributed by atoms with Crippen LogP contribution in [0.2, 0.25) is 5.02 Å². The van der Waals surface area contributed by atoms with Crippen molar-refractivity contribution in [2.45, 2.75) is 6.54 Å². The summed E-state index contributed by atoms with van der Waals surface area (Å²) in [5.74, 6) is 0.426. The molecule has 0 aliphatic heterocycles. The molecule has 0 atom stereocenters. The second kappa shape index (κ2) is 6.96. The van der Waals surface area contributed by atoms with Gasteiger partial charge in [-0.2, -0.15) is 0 Å². The van der Waals surface area contributed by atoms with Crippen molar-refractivity contribution in [2.24, 2.45) is 0 Å². The first-order valence-corrected chi connectivity index (χ1v) is 6.58. The third kappa shape index (κ3) is 4.00. The van der Waals surface area contributed by atoms with Crippen LogP contribution in [0, 0.1) is 5.82 Å². The van der Waals surface area contributed by atoms with E-state index in [1.54, 1.807) is 18.2 Å². The molecule has 0 spiro atoms. The number of benzene rings is 2. The molecule has 0 fully saturated rings. The third-order valence-electron chi connectivity index (χ3n) is 2.71. The molecule has 2 rings (SSSR count). The molecule has 0 unspecified atom stereocenters. The van der Waals surface area contributed by atoms with Gasteiger partial charge in [-0.1, -0.05) is 36.4 Å². The van der Waals surface area contributed by atoms with Crippen LogP contribution in [0.1, 0.15) is 5.56 Å². The number of nitrogens with one attached hydrogen (secondary N) is 1. The summed E-state index contributed by atoms with van der Waals surface area (Å²) in [7, 11) is 0. The third-order valence-corrected chi connectivity index (χ3v) is 2.94. The van der Waals surface area contributed by atoms with E-state index >= 15 is 0 Å². The van der Waals surface area contributed by atoms with Crippen LogP contribution in [0.5, 0.6) is 5.75 Å². The Kier molecular flexibility index (Phi) is 5.02. The summed E-state index contributed by atoms with van der Waals surface area (Å²) < 4.78 is 19.0. The summed E-state index contributed by atoms with van der Waals surface area (Å²) >= 11 is 5.70. The molecule has 0 bridgehead atoms. The smallest absolute Gasteiger partial charge is 0.147 e. The average Bonchev–Trinajstić information content (AvgIpc) is 2.45. The fraction of sp³-hybridized carbons (Fsp3) is 0.125. The number of ether oxygens (including phenoxy) is 1. The van der Waals surface area contributed by atoms with E-state index in [0.717, 1.165) is 11.3 Å². The van der Waals surface area contributed by atoms with Gasteiger partial charge in [0.25, 0.3) is 0 Å². The lowest BCUT2D eigenvalue weighted by atomic mass is 10.2. The predicted octanol–water partition coefficient (Wildman–Crippen LogP) is 4.66. The molecule has 20 heavy (non-hydrogen) atoms. The Morgan fingerprint density at radius 1 is 1.20 bits per heavy atom. The Bertz CT molecular complexity index is 584. The Hall–Kier alpha value is -2.00. The van der Waals surface area contributed by atoms with Gasteiger partial charge in [-0.15, -0.1) is 0 Å². The zero-order valence-corrected chi connectivity index (χ0v) is 11.7. The Morgan fingerprint density at radius 3 is 2.60 bits per heavy atom. The topological polar surface area (TPSA) is 21.3 Å². The molecule has 2 aromatic carbocycles. The average molecular weight is 292 g/mol. The Balaban J connectivity index is 1.95. The van der Waals surface area contributed by atoms with Gasteiger partial charge in [-0.3, -0.25) is 0 Å². The highest BCUT2D eigenvalue weighted by Gasteiger charge is 2.02. The lowest BCUT2D eigenvalue weighted by molar-refractivity contribution is 0.363. The highest BCUT2D eigenvalue weighted by atomic mass is 35.5. The zero-order valence-electron chi connectivity index (χ0n) is 10.9. The van der Waals surface area contributed by atoms with Crippen LogP contribution in [-0.4, -0.2) is 6.61 Å². The summed E-state index contributed by atoms with van der Waals surface area (Å²) in [4.78, 5) is 0. The van der Waals surface area contributed by atoms with Crippen molar-refractivity contribution in [1.82, 2.24) is 0 Å². The first kappa shape index (κ1) is 14.4. The van der Waals surface area contributed by atoms with Crippen molar-refractivity contribution in [3.63, 3.8) is 0 Å². The lowest BCUT2D eigenvalue weighted by Crippen LogP contribution is -2.01. The molecule has 0 radical (unpaired) electrons. The van der Waals surface area contributed by atoms with Gasteiger partial charge < -0.3 is 10.1 Å². The predicted molar refractivity (Wildman–Crippen MR) is 80.9 cm³/mol. The first-order valence-electron chi connectivity index (χ1n) is 6.20. The van der Waals surface area contributed by atoms with Crippen molar-refractivity contribution in [1.29, 1.82) is 0 Å². The van der Waals surface area contributed by atoms with Gasteiger partial charge in [0.05, 0.1) is 5.69 Å². The number of halogens is 2.